The van der Waals surface area contributed by atoms with Gasteiger partial charge in [0.25, 0.3) is 0 Å². The molecule has 2 aromatic carbocycles. The minimum Gasteiger partial charge on any atom is -0.507 e. The fourth-order valence-corrected chi connectivity index (χ4v) is 6.98. The lowest BCUT2D eigenvalue weighted by atomic mass is 9.78. The summed E-state index contributed by atoms with van der Waals surface area (Å²) < 4.78 is 17.3. The van der Waals surface area contributed by atoms with Crippen LogP contribution in [-0.2, 0) is 24.3 Å². The van der Waals surface area contributed by atoms with Gasteiger partial charge in [-0.2, -0.15) is 0 Å². The molecule has 13 N–H and O–H groups in total. The number of aryl methyl sites for hydroxylation is 1. The number of hydrogen-bond donors (Lipinski definition) is 11. The number of hydrogen-bond acceptors (Lipinski definition) is 15. The van der Waals surface area contributed by atoms with Crippen LogP contribution < -0.4 is 31.6 Å². The van der Waals surface area contributed by atoms with Crippen molar-refractivity contribution in [3.05, 3.63) is 74.6 Å². The summed E-state index contributed by atoms with van der Waals surface area (Å²) in [6.07, 6.45) is -2.33. The number of aliphatic hydroxyl groups excluding tert-OH is 5. The number of nitrogens with one attached hydrogen (secondary N) is 2. The molecule has 0 unspecified atom stereocenters. The van der Waals surface area contributed by atoms with Crippen molar-refractivity contribution < 1.29 is 59.5 Å². The van der Waals surface area contributed by atoms with Gasteiger partial charge in [-0.1, -0.05) is 6.08 Å². The van der Waals surface area contributed by atoms with Crippen LogP contribution >= 0.6 is 0 Å². The van der Waals surface area contributed by atoms with Crippen LogP contribution in [0.5, 0.6) is 17.2 Å². The summed E-state index contributed by atoms with van der Waals surface area (Å²) in [5.74, 6) is -2.09. The van der Waals surface area contributed by atoms with Crippen LogP contribution in [0.2, 0.25) is 0 Å². The Hall–Kier alpha value is -4.75. The third kappa shape index (κ3) is 7.54. The molecule has 17 heteroatoms. The van der Waals surface area contributed by atoms with Crippen molar-refractivity contribution in [1.82, 2.24) is 10.6 Å². The minimum atomic E-state index is -2.15. The van der Waals surface area contributed by atoms with Crippen LogP contribution in [0.3, 0.4) is 0 Å². The summed E-state index contributed by atoms with van der Waals surface area (Å²) in [5.41, 5.74) is 9.81. The number of aliphatic hydroxyl groups is 6. The zero-order valence-corrected chi connectivity index (χ0v) is 29.5. The predicted octanol–water partition coefficient (Wildman–Crippen LogP) is -1.32. The number of nitrogens with zero attached hydrogens (tertiary/aromatic N) is 1. The van der Waals surface area contributed by atoms with Gasteiger partial charge in [0.15, 0.2) is 11.7 Å². The average Bonchev–Trinajstić information content (AvgIpc) is 3.15. The molecule has 2 aromatic rings. The Morgan fingerprint density at radius 1 is 1.08 bits per heavy atom. The second-order valence-corrected chi connectivity index (χ2v) is 13.0. The van der Waals surface area contributed by atoms with Gasteiger partial charge in [-0.05, 0) is 55.4 Å². The maximum absolute atomic E-state index is 14.5. The number of aliphatic imine (C=N–C) groups is 1. The first-order chi connectivity index (χ1) is 25.3. The second-order valence-electron chi connectivity index (χ2n) is 13.0. The fraction of sp³-hybridized carbons (Fsp3) is 0.472. The monoisotopic (exact) mass is 741 g/mol. The van der Waals surface area contributed by atoms with E-state index in [0.29, 0.717) is 37.2 Å². The number of guanidine groups is 1. The van der Waals surface area contributed by atoms with Gasteiger partial charge in [0, 0.05) is 55.1 Å². The molecule has 0 aromatic heterocycles. The van der Waals surface area contributed by atoms with Crippen molar-refractivity contribution in [3.8, 4) is 17.2 Å². The number of nitrogens with two attached hydrogens (primary N) is 2. The van der Waals surface area contributed by atoms with E-state index in [4.69, 9.17) is 25.7 Å². The molecule has 2 heterocycles. The van der Waals surface area contributed by atoms with Gasteiger partial charge in [0.1, 0.15) is 41.2 Å². The third-order valence-corrected chi connectivity index (χ3v) is 9.91. The van der Waals surface area contributed by atoms with Crippen LogP contribution in [-0.4, -0.2) is 117 Å². The maximum Gasteiger partial charge on any atom is 0.229 e. The van der Waals surface area contributed by atoms with Crippen molar-refractivity contribution in [2.24, 2.45) is 16.5 Å². The highest BCUT2D eigenvalue weighted by molar-refractivity contribution is 6.31. The van der Waals surface area contributed by atoms with E-state index in [0.717, 1.165) is 5.57 Å². The Kier molecular flexibility index (Phi) is 12.3. The molecule has 0 spiro atoms. The lowest BCUT2D eigenvalue weighted by Gasteiger charge is -2.48. The third-order valence-electron chi connectivity index (χ3n) is 9.91. The number of phenols is 1. The molecule has 17 nitrogen and oxygen atoms in total. The van der Waals surface area contributed by atoms with Gasteiger partial charge in [-0.25, -0.2) is 0 Å². The summed E-state index contributed by atoms with van der Waals surface area (Å²) in [6.45, 7) is -1.22. The molecule has 1 saturated heterocycles. The number of carbonyl (C=O) groups is 2. The van der Waals surface area contributed by atoms with Crippen LogP contribution in [0.4, 0.5) is 0 Å². The number of phenolic OH excluding ortho intramolecular Hbond substituents is 1. The number of dihydropyridines is 1. The highest BCUT2D eigenvalue weighted by Gasteiger charge is 2.55. The topological polar surface area (TPSA) is 292 Å². The first-order valence-electron chi connectivity index (χ1n) is 17.1. The summed E-state index contributed by atoms with van der Waals surface area (Å²) in [4.78, 5) is 32.7. The summed E-state index contributed by atoms with van der Waals surface area (Å²) in [5, 5.41) is 81.5. The van der Waals surface area contributed by atoms with Gasteiger partial charge < -0.3 is 72.1 Å². The molecule has 0 bridgehead atoms. The van der Waals surface area contributed by atoms with Gasteiger partial charge in [-0.15, -0.1) is 0 Å². The van der Waals surface area contributed by atoms with Gasteiger partial charge in [0.2, 0.25) is 12.1 Å². The van der Waals surface area contributed by atoms with Gasteiger partial charge in [0.05, 0.1) is 37.3 Å². The molecule has 3 aliphatic rings. The number of ketones is 2. The van der Waals surface area contributed by atoms with Crippen molar-refractivity contribution in [1.29, 1.82) is 0 Å². The number of ether oxygens (including phenoxy) is 3. The zero-order valence-electron chi connectivity index (χ0n) is 29.5. The largest absolute Gasteiger partial charge is 0.507 e. The standard InChI is InChI=1S/C36H47N5O12/c1-39-35(38)41-14-20-18(5-3-4-10-42)12-19-27(30(20)46)31(47)28-23(13-22(51-2)21(15-43)26(28)29(19)45)52-34-32(48)33(49)36(50,24(16-44)53-34)8-6-17-7-9-40-25(37)11-17/h7,11-13,24,32-34,40,42-44,46,48-50H,3-6,8-10,14-16,37H2,1-2H3,(H3,38,39,41)/t24-,32-,33-,34-,36-/m1/s1. The normalized spacial score (nSPS) is 24.1. The van der Waals surface area contributed by atoms with Crippen LogP contribution in [0.15, 0.2) is 40.7 Å². The lowest BCUT2D eigenvalue weighted by Crippen LogP contribution is -2.67. The average molecular weight is 742 g/mol. The molecule has 1 aliphatic carbocycles. The van der Waals surface area contributed by atoms with Crippen LogP contribution in [0.1, 0.15) is 74.2 Å². The minimum absolute atomic E-state index is 0.0486. The quantitative estimate of drug-likeness (QED) is 0.0519. The summed E-state index contributed by atoms with van der Waals surface area (Å²) in [7, 11) is 2.73. The second kappa shape index (κ2) is 16.5. The molecular weight excluding hydrogens is 694 g/mol. The highest BCUT2D eigenvalue weighted by Crippen LogP contribution is 2.45. The summed E-state index contributed by atoms with van der Waals surface area (Å²) in [6, 6.07) is 2.67. The molecule has 0 amide bonds. The first-order valence-corrected chi connectivity index (χ1v) is 17.1. The van der Waals surface area contributed by atoms with Gasteiger partial charge in [-0.3, -0.25) is 14.6 Å². The number of benzene rings is 2. The number of allylic oxidation sites excluding steroid dienone is 2. The van der Waals surface area contributed by atoms with Crippen molar-refractivity contribution in [3.63, 3.8) is 0 Å². The van der Waals surface area contributed by atoms with E-state index in [-0.39, 0.29) is 71.3 Å². The molecule has 0 radical (unpaired) electrons. The molecule has 0 saturated carbocycles. The molecule has 288 valence electrons. The molecule has 5 atom stereocenters. The first kappa shape index (κ1) is 39.5. The van der Waals surface area contributed by atoms with Crippen molar-refractivity contribution in [2.75, 3.05) is 33.9 Å². The fourth-order valence-electron chi connectivity index (χ4n) is 6.98. The number of methoxy groups -OCH3 is 1. The predicted molar refractivity (Wildman–Crippen MR) is 189 cm³/mol. The Balaban J connectivity index is 1.55. The van der Waals surface area contributed by atoms with E-state index >= 15 is 0 Å². The number of rotatable bonds is 14. The van der Waals surface area contributed by atoms with E-state index in [1.807, 2.05) is 6.08 Å². The Morgan fingerprint density at radius 2 is 1.83 bits per heavy atom. The number of carbonyl (C=O) groups excluding carboxylic acids is 2. The Labute approximate surface area is 305 Å². The number of fused-ring (bicyclic) bond motifs is 2. The summed E-state index contributed by atoms with van der Waals surface area (Å²) >= 11 is 0. The van der Waals surface area contributed by atoms with E-state index < -0.39 is 66.3 Å². The SMILES string of the molecule is CN=C(N)NCc1c(CCCCO)cc2c(c1O)C(=O)c1c(O[C@@H]3O[C@H](CO)[C@](O)(CCC4=CCNC(N)=C4)[C@H](O)[C@H]3O)cc(OC)c(CO)c1C2=O. The highest BCUT2D eigenvalue weighted by atomic mass is 16.7. The van der Waals surface area contributed by atoms with E-state index in [1.165, 1.54) is 26.3 Å². The number of aromatic hydroxyl groups is 1. The lowest BCUT2D eigenvalue weighted by molar-refractivity contribution is -0.314. The van der Waals surface area contributed by atoms with E-state index in [1.54, 1.807) is 6.08 Å². The molecule has 5 rings (SSSR count). The van der Waals surface area contributed by atoms with E-state index in [9.17, 15) is 45.3 Å². The van der Waals surface area contributed by atoms with Crippen molar-refractivity contribution in [2.45, 2.75) is 75.5 Å². The Bertz CT molecular complexity index is 1820. The number of unbranched alkanes of at least 4 members (excludes halogenated alkanes) is 1. The zero-order chi connectivity index (χ0) is 38.6. The molecule has 2 aliphatic heterocycles. The van der Waals surface area contributed by atoms with Crippen molar-refractivity contribution >= 4 is 17.5 Å². The maximum atomic E-state index is 14.5. The smallest absolute Gasteiger partial charge is 0.229 e. The molecule has 53 heavy (non-hydrogen) atoms. The molecular formula is C36H47N5O12. The van der Waals surface area contributed by atoms with E-state index in [2.05, 4.69) is 15.6 Å². The Morgan fingerprint density at radius 3 is 2.47 bits per heavy atom. The van der Waals surface area contributed by atoms with Crippen LogP contribution in [0, 0.1) is 0 Å². The van der Waals surface area contributed by atoms with Crippen LogP contribution in [0.25, 0.3) is 0 Å². The molecule has 1 fully saturated rings. The van der Waals surface area contributed by atoms with Gasteiger partial charge >= 0.3 is 0 Å².